The maximum atomic E-state index is 10.8. The lowest BCUT2D eigenvalue weighted by molar-refractivity contribution is 0.471. The molecule has 64 valence electrons. The van der Waals surface area contributed by atoms with Gasteiger partial charge in [0.05, 0.1) is 12.4 Å². The van der Waals surface area contributed by atoms with Crippen molar-refractivity contribution in [3.05, 3.63) is 22.7 Å². The molecule has 1 aliphatic rings. The summed E-state index contributed by atoms with van der Waals surface area (Å²) >= 11 is 0. The van der Waals surface area contributed by atoms with Gasteiger partial charge in [0.25, 0.3) is 5.56 Å². The van der Waals surface area contributed by atoms with E-state index in [0.29, 0.717) is 11.9 Å². The first-order valence-electron chi connectivity index (χ1n) is 3.86. The molecule has 1 fully saturated rings. The van der Waals surface area contributed by atoms with Crippen molar-refractivity contribution >= 4 is 5.82 Å². The summed E-state index contributed by atoms with van der Waals surface area (Å²) in [6.45, 7) is 1.88. The van der Waals surface area contributed by atoms with Gasteiger partial charge < -0.3 is 15.6 Å². The molecule has 0 aliphatic carbocycles. The van der Waals surface area contributed by atoms with Crippen LogP contribution in [0.15, 0.2) is 17.2 Å². The Morgan fingerprint density at radius 3 is 3.00 bits per heavy atom. The average molecular weight is 166 g/mol. The molecule has 1 aromatic heterocycles. The molecule has 0 aromatic carbocycles. The van der Waals surface area contributed by atoms with Gasteiger partial charge in [-0.2, -0.15) is 0 Å². The van der Waals surface area contributed by atoms with E-state index in [2.05, 4.69) is 20.6 Å². The molecule has 1 saturated heterocycles. The minimum Gasteiger partial charge on any atom is -0.365 e. The molecule has 5 heteroatoms. The summed E-state index contributed by atoms with van der Waals surface area (Å²) in [4.78, 5) is 17.3. The number of hydrogen-bond acceptors (Lipinski definition) is 4. The van der Waals surface area contributed by atoms with Crippen LogP contribution in [-0.2, 0) is 0 Å². The Labute approximate surface area is 69.2 Å². The van der Waals surface area contributed by atoms with E-state index in [1.54, 1.807) is 0 Å². The quantitative estimate of drug-likeness (QED) is 0.535. The normalized spacial score (nSPS) is 17.0. The second-order valence-corrected chi connectivity index (χ2v) is 2.80. The van der Waals surface area contributed by atoms with Crippen molar-refractivity contribution in [2.45, 2.75) is 6.04 Å². The highest BCUT2D eigenvalue weighted by Gasteiger charge is 2.16. The molecule has 0 saturated carbocycles. The molecule has 0 unspecified atom stereocenters. The van der Waals surface area contributed by atoms with Gasteiger partial charge in [0, 0.05) is 19.2 Å². The van der Waals surface area contributed by atoms with E-state index in [0.717, 1.165) is 13.1 Å². The molecule has 1 aliphatic heterocycles. The highest BCUT2D eigenvalue weighted by atomic mass is 16.1. The molecule has 12 heavy (non-hydrogen) atoms. The van der Waals surface area contributed by atoms with Gasteiger partial charge in [0.15, 0.2) is 0 Å². The highest BCUT2D eigenvalue weighted by molar-refractivity contribution is 5.34. The maximum Gasteiger partial charge on any atom is 0.252 e. The molecule has 5 nitrogen and oxygen atoms in total. The SMILES string of the molecule is O=c1cc(NC2CNC2)nc[nH]1. The topological polar surface area (TPSA) is 69.8 Å². The first-order chi connectivity index (χ1) is 5.84. The van der Waals surface area contributed by atoms with Crippen LogP contribution in [0.5, 0.6) is 0 Å². The molecule has 2 rings (SSSR count). The Bertz CT molecular complexity index is 317. The minimum atomic E-state index is -0.125. The Kier molecular flexibility index (Phi) is 1.79. The lowest BCUT2D eigenvalue weighted by Gasteiger charge is -2.28. The number of nitrogens with one attached hydrogen (secondary N) is 3. The molecular weight excluding hydrogens is 156 g/mol. The van der Waals surface area contributed by atoms with Crippen LogP contribution in [0.1, 0.15) is 0 Å². The summed E-state index contributed by atoms with van der Waals surface area (Å²) in [7, 11) is 0. The van der Waals surface area contributed by atoms with Crippen LogP contribution in [-0.4, -0.2) is 29.1 Å². The Hall–Kier alpha value is -1.36. The van der Waals surface area contributed by atoms with Gasteiger partial charge in [0.2, 0.25) is 0 Å². The van der Waals surface area contributed by atoms with Crippen molar-refractivity contribution < 1.29 is 0 Å². The second kappa shape index (κ2) is 2.94. The van der Waals surface area contributed by atoms with Crippen molar-refractivity contribution in [2.75, 3.05) is 18.4 Å². The molecule has 3 N–H and O–H groups in total. The van der Waals surface area contributed by atoms with Gasteiger partial charge in [0.1, 0.15) is 5.82 Å². The van der Waals surface area contributed by atoms with Crippen LogP contribution >= 0.6 is 0 Å². The number of anilines is 1. The first-order valence-corrected chi connectivity index (χ1v) is 3.86. The summed E-state index contributed by atoms with van der Waals surface area (Å²) in [5.74, 6) is 0.644. The summed E-state index contributed by atoms with van der Waals surface area (Å²) in [5.41, 5.74) is -0.125. The zero-order chi connectivity index (χ0) is 8.39. The number of nitrogens with zero attached hydrogens (tertiary/aromatic N) is 1. The molecule has 2 heterocycles. The van der Waals surface area contributed by atoms with E-state index >= 15 is 0 Å². The maximum absolute atomic E-state index is 10.8. The molecule has 0 spiro atoms. The molecule has 0 radical (unpaired) electrons. The van der Waals surface area contributed by atoms with Gasteiger partial charge in [-0.05, 0) is 0 Å². The minimum absolute atomic E-state index is 0.125. The van der Waals surface area contributed by atoms with Crippen molar-refractivity contribution in [3.8, 4) is 0 Å². The summed E-state index contributed by atoms with van der Waals surface area (Å²) in [5, 5.41) is 6.25. The fraction of sp³-hybridized carbons (Fsp3) is 0.429. The van der Waals surface area contributed by atoms with E-state index < -0.39 is 0 Å². The fourth-order valence-electron chi connectivity index (χ4n) is 1.05. The largest absolute Gasteiger partial charge is 0.365 e. The molecule has 1 aromatic rings. The molecule has 0 amide bonds. The van der Waals surface area contributed by atoms with Gasteiger partial charge >= 0.3 is 0 Å². The monoisotopic (exact) mass is 166 g/mol. The van der Waals surface area contributed by atoms with Crippen molar-refractivity contribution in [2.24, 2.45) is 0 Å². The van der Waals surface area contributed by atoms with E-state index in [-0.39, 0.29) is 5.56 Å². The van der Waals surface area contributed by atoms with Gasteiger partial charge in [-0.15, -0.1) is 0 Å². The van der Waals surface area contributed by atoms with E-state index in [9.17, 15) is 4.79 Å². The second-order valence-electron chi connectivity index (χ2n) is 2.80. The first kappa shape index (κ1) is 7.30. The van der Waals surface area contributed by atoms with Crippen LogP contribution < -0.4 is 16.2 Å². The summed E-state index contributed by atoms with van der Waals surface area (Å²) < 4.78 is 0. The number of hydrogen-bond donors (Lipinski definition) is 3. The average Bonchev–Trinajstić information content (AvgIpc) is 1.97. The smallest absolute Gasteiger partial charge is 0.252 e. The Balaban J connectivity index is 2.06. The molecule has 0 bridgehead atoms. The van der Waals surface area contributed by atoms with E-state index in [1.807, 2.05) is 0 Å². The van der Waals surface area contributed by atoms with Crippen LogP contribution in [0.3, 0.4) is 0 Å². The van der Waals surface area contributed by atoms with Gasteiger partial charge in [-0.25, -0.2) is 4.98 Å². The number of rotatable bonds is 2. The number of aromatic amines is 1. The van der Waals surface area contributed by atoms with Gasteiger partial charge in [-0.1, -0.05) is 0 Å². The molecular formula is C7H10N4O. The zero-order valence-electron chi connectivity index (χ0n) is 6.50. The standard InChI is InChI=1S/C7H10N4O/c12-7-1-6(9-4-10-7)11-5-2-8-3-5/h1,4-5,8H,2-3H2,(H2,9,10,11,12). The lowest BCUT2D eigenvalue weighted by atomic mass is 10.2. The van der Waals surface area contributed by atoms with Crippen LogP contribution in [0.4, 0.5) is 5.82 Å². The van der Waals surface area contributed by atoms with E-state index in [4.69, 9.17) is 0 Å². The third-order valence-corrected chi connectivity index (χ3v) is 1.81. The molecule has 0 atom stereocenters. The Morgan fingerprint density at radius 1 is 1.58 bits per heavy atom. The predicted octanol–water partition coefficient (Wildman–Crippen LogP) is -0.846. The van der Waals surface area contributed by atoms with Crippen molar-refractivity contribution in [1.82, 2.24) is 15.3 Å². The van der Waals surface area contributed by atoms with Gasteiger partial charge in [-0.3, -0.25) is 4.79 Å². The summed E-state index contributed by atoms with van der Waals surface area (Å²) in [6, 6.07) is 1.87. The third kappa shape index (κ3) is 1.45. The fourth-order valence-corrected chi connectivity index (χ4v) is 1.05. The predicted molar refractivity (Wildman–Crippen MR) is 45.1 cm³/mol. The van der Waals surface area contributed by atoms with Crippen LogP contribution in [0.25, 0.3) is 0 Å². The highest BCUT2D eigenvalue weighted by Crippen LogP contribution is 2.01. The van der Waals surface area contributed by atoms with Crippen molar-refractivity contribution in [1.29, 1.82) is 0 Å². The van der Waals surface area contributed by atoms with Crippen LogP contribution in [0.2, 0.25) is 0 Å². The Morgan fingerprint density at radius 2 is 2.42 bits per heavy atom. The lowest BCUT2D eigenvalue weighted by Crippen LogP contribution is -2.51. The summed E-state index contributed by atoms with van der Waals surface area (Å²) in [6.07, 6.45) is 1.40. The van der Waals surface area contributed by atoms with E-state index in [1.165, 1.54) is 12.4 Å². The zero-order valence-corrected chi connectivity index (χ0v) is 6.50. The number of aromatic nitrogens is 2. The van der Waals surface area contributed by atoms with Crippen LogP contribution in [0, 0.1) is 0 Å². The van der Waals surface area contributed by atoms with Crippen molar-refractivity contribution in [3.63, 3.8) is 0 Å². The number of H-pyrrole nitrogens is 1. The third-order valence-electron chi connectivity index (χ3n) is 1.81.